The summed E-state index contributed by atoms with van der Waals surface area (Å²) in [4.78, 5) is 20.0. The minimum atomic E-state index is -0.0351. The molecule has 2 rings (SSSR count). The quantitative estimate of drug-likeness (QED) is 0.360. The number of nitrogens with one attached hydrogen (secondary N) is 1. The third-order valence-corrected chi connectivity index (χ3v) is 4.34. The third-order valence-electron chi connectivity index (χ3n) is 4.34. The second-order valence-electron chi connectivity index (χ2n) is 6.61. The smallest absolute Gasteiger partial charge is 0.243 e. The van der Waals surface area contributed by atoms with E-state index in [1.54, 1.807) is 26.1 Å². The first-order valence-electron chi connectivity index (χ1n) is 8.94. The molecule has 1 amide bonds. The molecule has 1 saturated heterocycles. The van der Waals surface area contributed by atoms with Gasteiger partial charge in [0.1, 0.15) is 12.3 Å². The molecule has 27 heavy (non-hydrogen) atoms. The van der Waals surface area contributed by atoms with Gasteiger partial charge in [-0.2, -0.15) is 0 Å². The van der Waals surface area contributed by atoms with Crippen LogP contribution >= 0.6 is 24.0 Å². The van der Waals surface area contributed by atoms with Crippen molar-refractivity contribution in [2.24, 2.45) is 4.99 Å². The molecule has 1 aliphatic heterocycles. The molecule has 0 spiro atoms. The summed E-state index contributed by atoms with van der Waals surface area (Å²) >= 11 is 0. The van der Waals surface area contributed by atoms with Gasteiger partial charge in [-0.05, 0) is 18.9 Å². The standard InChI is InChI=1S/C19H30N4O3.HI/c1-22(2)18(24)13-21-19(20-12-16-9-7-11-26-16)23(3)14-15-8-5-6-10-17(15)25-4;/h5-6,8,10,16H,7,9,11-14H2,1-4H3,(H,20,21);1H. The first kappa shape index (κ1) is 23.5. The molecule has 1 N–H and O–H groups in total. The molecule has 0 saturated carbocycles. The van der Waals surface area contributed by atoms with Crippen molar-refractivity contribution >= 4 is 35.8 Å². The average molecular weight is 490 g/mol. The van der Waals surface area contributed by atoms with Crippen molar-refractivity contribution < 1.29 is 14.3 Å². The maximum absolute atomic E-state index is 11.9. The molecule has 0 bridgehead atoms. The van der Waals surface area contributed by atoms with Crippen LogP contribution in [0.3, 0.4) is 0 Å². The van der Waals surface area contributed by atoms with Crippen LogP contribution in [0, 0.1) is 0 Å². The Morgan fingerprint density at radius 2 is 2.07 bits per heavy atom. The molecule has 1 unspecified atom stereocenters. The number of guanidine groups is 1. The van der Waals surface area contributed by atoms with E-state index >= 15 is 0 Å². The lowest BCUT2D eigenvalue weighted by Crippen LogP contribution is -2.42. The number of carbonyl (C=O) groups excluding carboxylic acids is 1. The summed E-state index contributed by atoms with van der Waals surface area (Å²) in [6.07, 6.45) is 2.34. The number of para-hydroxylation sites is 1. The molecule has 1 aromatic carbocycles. The molecule has 1 heterocycles. The lowest BCUT2D eigenvalue weighted by Gasteiger charge is -2.24. The number of amides is 1. The Hall–Kier alpha value is -1.55. The number of halogens is 1. The van der Waals surface area contributed by atoms with Gasteiger partial charge in [0.05, 0.1) is 13.2 Å². The Balaban J connectivity index is 0.00000364. The molecule has 8 heteroatoms. The van der Waals surface area contributed by atoms with E-state index in [1.165, 1.54) is 0 Å². The highest BCUT2D eigenvalue weighted by molar-refractivity contribution is 14.0. The summed E-state index contributed by atoms with van der Waals surface area (Å²) in [5.41, 5.74) is 1.06. The van der Waals surface area contributed by atoms with Crippen molar-refractivity contribution in [2.45, 2.75) is 25.5 Å². The Labute approximate surface area is 179 Å². The lowest BCUT2D eigenvalue weighted by atomic mass is 10.2. The highest BCUT2D eigenvalue weighted by Gasteiger charge is 2.18. The molecule has 1 fully saturated rings. The van der Waals surface area contributed by atoms with Crippen molar-refractivity contribution in [3.63, 3.8) is 0 Å². The molecule has 1 atom stereocenters. The van der Waals surface area contributed by atoms with E-state index in [4.69, 9.17) is 9.47 Å². The molecular weight excluding hydrogens is 459 g/mol. The number of hydrogen-bond donors (Lipinski definition) is 1. The Morgan fingerprint density at radius 3 is 2.70 bits per heavy atom. The fourth-order valence-electron chi connectivity index (χ4n) is 2.77. The number of aliphatic imine (C=N–C) groups is 1. The van der Waals surface area contributed by atoms with E-state index in [0.717, 1.165) is 30.8 Å². The zero-order chi connectivity index (χ0) is 18.9. The van der Waals surface area contributed by atoms with Crippen molar-refractivity contribution in [3.05, 3.63) is 29.8 Å². The molecule has 1 aromatic rings. The molecular formula is C19H31IN4O3. The van der Waals surface area contributed by atoms with Gasteiger partial charge in [0.25, 0.3) is 0 Å². The third kappa shape index (κ3) is 7.53. The van der Waals surface area contributed by atoms with Crippen molar-refractivity contribution in [1.29, 1.82) is 0 Å². The molecule has 0 radical (unpaired) electrons. The molecule has 7 nitrogen and oxygen atoms in total. The van der Waals surface area contributed by atoms with E-state index in [0.29, 0.717) is 19.0 Å². The van der Waals surface area contributed by atoms with Gasteiger partial charge < -0.3 is 24.6 Å². The fourth-order valence-corrected chi connectivity index (χ4v) is 2.77. The maximum atomic E-state index is 11.9. The SMILES string of the molecule is COc1ccccc1CN(C)C(=NCC(=O)N(C)C)NCC1CCCO1.I. The summed E-state index contributed by atoms with van der Waals surface area (Å²) in [5.74, 6) is 1.48. The lowest BCUT2D eigenvalue weighted by molar-refractivity contribution is -0.127. The minimum absolute atomic E-state index is 0. The van der Waals surface area contributed by atoms with Crippen molar-refractivity contribution in [3.8, 4) is 5.75 Å². The number of benzene rings is 1. The van der Waals surface area contributed by atoms with Crippen LogP contribution in [-0.4, -0.2) is 75.7 Å². The number of carbonyl (C=O) groups is 1. The predicted octanol–water partition coefficient (Wildman–Crippen LogP) is 1.96. The molecule has 152 valence electrons. The highest BCUT2D eigenvalue weighted by Crippen LogP contribution is 2.19. The van der Waals surface area contributed by atoms with Crippen LogP contribution in [0.15, 0.2) is 29.3 Å². The zero-order valence-corrected chi connectivity index (χ0v) is 18.9. The summed E-state index contributed by atoms with van der Waals surface area (Å²) in [7, 11) is 7.08. The van der Waals surface area contributed by atoms with Gasteiger partial charge in [0, 0.05) is 46.4 Å². The van der Waals surface area contributed by atoms with Crippen LogP contribution in [0.25, 0.3) is 0 Å². The number of methoxy groups -OCH3 is 1. The second kappa shape index (κ2) is 12.0. The number of hydrogen-bond acceptors (Lipinski definition) is 4. The van der Waals surface area contributed by atoms with Crippen LogP contribution in [0.4, 0.5) is 0 Å². The van der Waals surface area contributed by atoms with Crippen LogP contribution in [0.1, 0.15) is 18.4 Å². The van der Waals surface area contributed by atoms with E-state index < -0.39 is 0 Å². The average Bonchev–Trinajstić information content (AvgIpc) is 3.15. The van der Waals surface area contributed by atoms with Crippen molar-refractivity contribution in [2.75, 3.05) is 47.9 Å². The Morgan fingerprint density at radius 1 is 1.33 bits per heavy atom. The topological polar surface area (TPSA) is 66.4 Å². The fraction of sp³-hybridized carbons (Fsp3) is 0.579. The minimum Gasteiger partial charge on any atom is -0.496 e. The molecule has 0 aliphatic carbocycles. The summed E-state index contributed by atoms with van der Waals surface area (Å²) in [6, 6.07) is 7.90. The molecule has 0 aromatic heterocycles. The predicted molar refractivity (Wildman–Crippen MR) is 118 cm³/mol. The van der Waals surface area contributed by atoms with Crippen LogP contribution in [-0.2, 0) is 16.1 Å². The summed E-state index contributed by atoms with van der Waals surface area (Å²) in [6.45, 7) is 2.23. The van der Waals surface area contributed by atoms with Gasteiger partial charge in [-0.1, -0.05) is 18.2 Å². The van der Waals surface area contributed by atoms with Gasteiger partial charge in [-0.25, -0.2) is 4.99 Å². The van der Waals surface area contributed by atoms with Crippen LogP contribution in [0.5, 0.6) is 5.75 Å². The summed E-state index contributed by atoms with van der Waals surface area (Å²) < 4.78 is 11.1. The molecule has 1 aliphatic rings. The maximum Gasteiger partial charge on any atom is 0.243 e. The highest BCUT2D eigenvalue weighted by atomic mass is 127. The van der Waals surface area contributed by atoms with Crippen LogP contribution < -0.4 is 10.1 Å². The Kier molecular flexibility index (Phi) is 10.5. The number of rotatable bonds is 7. The first-order valence-corrected chi connectivity index (χ1v) is 8.94. The Bertz CT molecular complexity index is 619. The van der Waals surface area contributed by atoms with Gasteiger partial charge in [-0.3, -0.25) is 4.79 Å². The zero-order valence-electron chi connectivity index (χ0n) is 16.6. The number of likely N-dealkylation sites (N-methyl/N-ethyl adjacent to an activating group) is 1. The van der Waals surface area contributed by atoms with E-state index in [9.17, 15) is 4.79 Å². The van der Waals surface area contributed by atoms with Crippen LogP contribution in [0.2, 0.25) is 0 Å². The summed E-state index contributed by atoms with van der Waals surface area (Å²) in [5, 5.41) is 3.35. The van der Waals surface area contributed by atoms with Gasteiger partial charge >= 0.3 is 0 Å². The van der Waals surface area contributed by atoms with Crippen molar-refractivity contribution in [1.82, 2.24) is 15.1 Å². The van der Waals surface area contributed by atoms with Gasteiger partial charge in [0.15, 0.2) is 5.96 Å². The van der Waals surface area contributed by atoms with E-state index in [-0.39, 0.29) is 42.5 Å². The number of ether oxygens (including phenoxy) is 2. The van der Waals surface area contributed by atoms with Gasteiger partial charge in [-0.15, -0.1) is 24.0 Å². The van der Waals surface area contributed by atoms with E-state index in [1.807, 2.05) is 36.2 Å². The largest absolute Gasteiger partial charge is 0.496 e. The second-order valence-corrected chi connectivity index (χ2v) is 6.61. The first-order chi connectivity index (χ1) is 12.5. The van der Waals surface area contributed by atoms with E-state index in [2.05, 4.69) is 10.3 Å². The number of nitrogens with zero attached hydrogens (tertiary/aromatic N) is 3. The van der Waals surface area contributed by atoms with Gasteiger partial charge in [0.2, 0.25) is 5.91 Å². The monoisotopic (exact) mass is 490 g/mol. The normalized spacial score (nSPS) is 16.4.